The number of urea groups is 1. The number of carboxylic acid groups (broad SMARTS) is 1. The minimum Gasteiger partial charge on any atom is -0.478 e. The van der Waals surface area contributed by atoms with Crippen molar-refractivity contribution in [2.45, 2.75) is 33.7 Å². The summed E-state index contributed by atoms with van der Waals surface area (Å²) in [5, 5.41) is 13.5. The van der Waals surface area contributed by atoms with Gasteiger partial charge in [-0.1, -0.05) is 13.8 Å². The number of aliphatic carboxylic acids is 1. The van der Waals surface area contributed by atoms with Gasteiger partial charge in [-0.3, -0.25) is 10.1 Å². The highest BCUT2D eigenvalue weighted by Gasteiger charge is 2.19. The molecular weight excluding hydrogens is 264 g/mol. The molecule has 0 fully saturated rings. The van der Waals surface area contributed by atoms with E-state index in [9.17, 15) is 14.4 Å². The van der Waals surface area contributed by atoms with Gasteiger partial charge in [0.15, 0.2) is 0 Å². The summed E-state index contributed by atoms with van der Waals surface area (Å²) in [5.41, 5.74) is -0.118. The first-order valence-electron chi connectivity index (χ1n) is 6.22. The number of amides is 3. The van der Waals surface area contributed by atoms with Gasteiger partial charge in [-0.15, -0.1) is 0 Å². The maximum Gasteiger partial charge on any atom is 0.331 e. The largest absolute Gasteiger partial charge is 0.478 e. The normalized spacial score (nSPS) is 13.5. The van der Waals surface area contributed by atoms with E-state index in [1.54, 1.807) is 0 Å². The third-order valence-corrected chi connectivity index (χ3v) is 2.92. The van der Waals surface area contributed by atoms with E-state index < -0.39 is 17.9 Å². The summed E-state index contributed by atoms with van der Waals surface area (Å²) >= 11 is 0. The molecule has 0 aliphatic rings. The van der Waals surface area contributed by atoms with Gasteiger partial charge >= 0.3 is 12.0 Å². The maximum atomic E-state index is 11.7. The van der Waals surface area contributed by atoms with Crippen LogP contribution in [0.1, 0.15) is 27.7 Å². The second-order valence-corrected chi connectivity index (χ2v) is 4.79. The summed E-state index contributed by atoms with van der Waals surface area (Å²) < 4.78 is 4.97. The molecule has 0 rings (SSSR count). The standard InChI is InChI=1S/C13H22N2O5/c1-7(2)10(6-20-5)14-13(19)15-11(16)8(3)9(4)12(17)18/h7,10H,6H2,1-5H3,(H,17,18)(H2,14,15,16,19). The second-order valence-electron chi connectivity index (χ2n) is 4.79. The van der Waals surface area contributed by atoms with Crippen LogP contribution in [0.25, 0.3) is 0 Å². The van der Waals surface area contributed by atoms with Crippen LogP contribution < -0.4 is 10.6 Å². The number of carbonyl (C=O) groups excluding carboxylic acids is 2. The van der Waals surface area contributed by atoms with Gasteiger partial charge in [0.25, 0.3) is 5.91 Å². The predicted octanol–water partition coefficient (Wildman–Crippen LogP) is 0.904. The topological polar surface area (TPSA) is 105 Å². The SMILES string of the molecule is COCC(NC(=O)NC(=O)C(C)=C(C)C(=O)O)C(C)C. The fraction of sp³-hybridized carbons (Fsp3) is 0.615. The fourth-order valence-electron chi connectivity index (χ4n) is 1.31. The molecule has 0 aromatic heterocycles. The molecule has 114 valence electrons. The summed E-state index contributed by atoms with van der Waals surface area (Å²) in [7, 11) is 1.52. The molecule has 0 aliphatic heterocycles. The molecule has 7 nitrogen and oxygen atoms in total. The third kappa shape index (κ3) is 5.83. The monoisotopic (exact) mass is 286 g/mol. The molecule has 0 aromatic rings. The van der Waals surface area contributed by atoms with Crippen molar-refractivity contribution in [2.24, 2.45) is 5.92 Å². The zero-order chi connectivity index (χ0) is 15.9. The number of hydrogen-bond donors (Lipinski definition) is 3. The summed E-state index contributed by atoms with van der Waals surface area (Å²) in [4.78, 5) is 34.1. The fourth-order valence-corrected chi connectivity index (χ4v) is 1.31. The first-order chi connectivity index (χ1) is 9.20. The molecule has 0 heterocycles. The number of ether oxygens (including phenoxy) is 1. The Morgan fingerprint density at radius 3 is 2.10 bits per heavy atom. The summed E-state index contributed by atoms with van der Waals surface area (Å²) in [6.45, 7) is 6.79. The van der Waals surface area contributed by atoms with E-state index in [0.717, 1.165) is 0 Å². The lowest BCUT2D eigenvalue weighted by Gasteiger charge is -2.21. The molecule has 0 saturated heterocycles. The quantitative estimate of drug-likeness (QED) is 0.629. The molecule has 0 saturated carbocycles. The van der Waals surface area contributed by atoms with Crippen LogP contribution in [0.4, 0.5) is 4.79 Å². The van der Waals surface area contributed by atoms with Crippen molar-refractivity contribution in [3.63, 3.8) is 0 Å². The minimum absolute atomic E-state index is 0.0134. The number of hydrogen-bond acceptors (Lipinski definition) is 4. The van der Waals surface area contributed by atoms with Crippen LogP contribution in [0.5, 0.6) is 0 Å². The van der Waals surface area contributed by atoms with Gasteiger partial charge in [0.2, 0.25) is 0 Å². The molecule has 0 aliphatic carbocycles. The van der Waals surface area contributed by atoms with Crippen LogP contribution in [0.15, 0.2) is 11.1 Å². The number of methoxy groups -OCH3 is 1. The van der Waals surface area contributed by atoms with Crippen LogP contribution >= 0.6 is 0 Å². The number of carbonyl (C=O) groups is 3. The van der Waals surface area contributed by atoms with Gasteiger partial charge < -0.3 is 15.2 Å². The van der Waals surface area contributed by atoms with Crippen molar-refractivity contribution in [3.8, 4) is 0 Å². The Labute approximate surface area is 118 Å². The molecule has 3 amide bonds. The van der Waals surface area contributed by atoms with E-state index in [-0.39, 0.29) is 23.1 Å². The van der Waals surface area contributed by atoms with Gasteiger partial charge in [-0.25, -0.2) is 9.59 Å². The Morgan fingerprint density at radius 2 is 1.70 bits per heavy atom. The van der Waals surface area contributed by atoms with Crippen LogP contribution in [0.3, 0.4) is 0 Å². The average Bonchev–Trinajstić information content (AvgIpc) is 2.35. The Balaban J connectivity index is 4.65. The zero-order valence-corrected chi connectivity index (χ0v) is 12.4. The second kappa shape index (κ2) is 8.31. The van der Waals surface area contributed by atoms with Crippen molar-refractivity contribution in [2.75, 3.05) is 13.7 Å². The van der Waals surface area contributed by atoms with E-state index in [0.29, 0.717) is 6.61 Å². The Hall–Kier alpha value is -1.89. The lowest BCUT2D eigenvalue weighted by molar-refractivity contribution is -0.133. The van der Waals surface area contributed by atoms with E-state index in [4.69, 9.17) is 9.84 Å². The molecule has 1 atom stereocenters. The smallest absolute Gasteiger partial charge is 0.331 e. The highest BCUT2D eigenvalue weighted by molar-refractivity contribution is 6.07. The summed E-state index contributed by atoms with van der Waals surface area (Å²) in [6.07, 6.45) is 0. The van der Waals surface area contributed by atoms with Crippen LogP contribution in [-0.4, -0.2) is 42.8 Å². The lowest BCUT2D eigenvalue weighted by atomic mass is 10.1. The van der Waals surface area contributed by atoms with E-state index in [1.807, 2.05) is 13.8 Å². The van der Waals surface area contributed by atoms with Crippen molar-refractivity contribution in [1.82, 2.24) is 10.6 Å². The van der Waals surface area contributed by atoms with Gasteiger partial charge in [-0.2, -0.15) is 0 Å². The highest BCUT2D eigenvalue weighted by atomic mass is 16.5. The molecule has 0 radical (unpaired) electrons. The first-order valence-corrected chi connectivity index (χ1v) is 6.22. The van der Waals surface area contributed by atoms with Crippen molar-refractivity contribution in [1.29, 1.82) is 0 Å². The Bertz CT molecular complexity index is 415. The minimum atomic E-state index is -1.20. The molecule has 3 N–H and O–H groups in total. The molecule has 7 heteroatoms. The maximum absolute atomic E-state index is 11.7. The van der Waals surface area contributed by atoms with E-state index in [2.05, 4.69) is 10.6 Å². The summed E-state index contributed by atoms with van der Waals surface area (Å²) in [6, 6.07) is -0.916. The van der Waals surface area contributed by atoms with Gasteiger partial charge in [-0.05, 0) is 19.8 Å². The van der Waals surface area contributed by atoms with E-state index >= 15 is 0 Å². The van der Waals surface area contributed by atoms with Crippen LogP contribution in [0.2, 0.25) is 0 Å². The predicted molar refractivity (Wildman–Crippen MR) is 73.2 cm³/mol. The number of nitrogens with one attached hydrogen (secondary N) is 2. The van der Waals surface area contributed by atoms with Crippen molar-refractivity contribution in [3.05, 3.63) is 11.1 Å². The molecular formula is C13H22N2O5. The molecule has 0 aromatic carbocycles. The molecule has 0 bridgehead atoms. The number of rotatable bonds is 6. The van der Waals surface area contributed by atoms with Crippen LogP contribution in [-0.2, 0) is 14.3 Å². The van der Waals surface area contributed by atoms with E-state index in [1.165, 1.54) is 21.0 Å². The first kappa shape index (κ1) is 18.1. The van der Waals surface area contributed by atoms with Crippen LogP contribution in [0, 0.1) is 5.92 Å². The highest BCUT2D eigenvalue weighted by Crippen LogP contribution is 2.04. The average molecular weight is 286 g/mol. The van der Waals surface area contributed by atoms with Gasteiger partial charge in [0.05, 0.1) is 12.6 Å². The van der Waals surface area contributed by atoms with Gasteiger partial charge in [0, 0.05) is 18.3 Å². The Kier molecular flexibility index (Phi) is 7.53. The van der Waals surface area contributed by atoms with Crippen molar-refractivity contribution >= 4 is 17.9 Å². The molecule has 1 unspecified atom stereocenters. The summed E-state index contributed by atoms with van der Waals surface area (Å²) in [5.74, 6) is -1.80. The van der Waals surface area contributed by atoms with Crippen molar-refractivity contribution < 1.29 is 24.2 Å². The Morgan fingerprint density at radius 1 is 1.15 bits per heavy atom. The zero-order valence-electron chi connectivity index (χ0n) is 12.4. The number of carboxylic acids is 1. The molecule has 0 spiro atoms. The lowest BCUT2D eigenvalue weighted by Crippen LogP contribution is -2.48. The molecule has 20 heavy (non-hydrogen) atoms. The third-order valence-electron chi connectivity index (χ3n) is 2.92. The van der Waals surface area contributed by atoms with Gasteiger partial charge in [0.1, 0.15) is 0 Å². The number of imide groups is 1.